The number of hydrogen-bond acceptors (Lipinski definition) is 4. The molecule has 0 aliphatic carbocycles. The number of halogens is 1. The van der Waals surface area contributed by atoms with Gasteiger partial charge in [-0.25, -0.2) is 0 Å². The highest BCUT2D eigenvalue weighted by atomic mass is 35.5. The highest BCUT2D eigenvalue weighted by Crippen LogP contribution is 2.44. The summed E-state index contributed by atoms with van der Waals surface area (Å²) in [5.41, 5.74) is 2.15. The van der Waals surface area contributed by atoms with E-state index in [1.807, 2.05) is 6.07 Å². The van der Waals surface area contributed by atoms with Crippen LogP contribution in [-0.2, 0) is 4.74 Å². The minimum atomic E-state index is -0.00143. The normalized spacial score (nSPS) is 19.2. The fourth-order valence-corrected chi connectivity index (χ4v) is 3.10. The Morgan fingerprint density at radius 3 is 2.60 bits per heavy atom. The van der Waals surface area contributed by atoms with Crippen LogP contribution in [-0.4, -0.2) is 33.9 Å². The van der Waals surface area contributed by atoms with Gasteiger partial charge in [0, 0.05) is 13.1 Å². The van der Waals surface area contributed by atoms with Crippen LogP contribution in [0.3, 0.4) is 0 Å². The molecule has 0 spiro atoms. The van der Waals surface area contributed by atoms with Crippen molar-refractivity contribution in [3.63, 3.8) is 0 Å². The van der Waals surface area contributed by atoms with Crippen molar-refractivity contribution in [1.82, 2.24) is 5.32 Å². The molecular weight excluding hydrogens is 278 g/mol. The van der Waals surface area contributed by atoms with E-state index in [0.717, 1.165) is 24.2 Å². The highest BCUT2D eigenvalue weighted by Gasteiger charge is 2.26. The first kappa shape index (κ1) is 15.4. The number of nitrogens with one attached hydrogen (secondary N) is 1. The first-order valence-corrected chi connectivity index (χ1v) is 7.24. The van der Waals surface area contributed by atoms with E-state index in [1.54, 1.807) is 14.2 Å². The van der Waals surface area contributed by atoms with Crippen LogP contribution < -0.4 is 14.8 Å². The van der Waals surface area contributed by atoms with E-state index in [1.165, 1.54) is 0 Å². The topological polar surface area (TPSA) is 39.7 Å². The Balaban J connectivity index is 2.55. The van der Waals surface area contributed by atoms with Gasteiger partial charge in [0.05, 0.1) is 32.0 Å². The van der Waals surface area contributed by atoms with E-state index in [-0.39, 0.29) is 12.0 Å². The van der Waals surface area contributed by atoms with Crippen LogP contribution in [0.2, 0.25) is 5.02 Å². The smallest absolute Gasteiger partial charge is 0.179 e. The van der Waals surface area contributed by atoms with Crippen LogP contribution in [0.1, 0.15) is 37.0 Å². The molecule has 0 saturated carbocycles. The summed E-state index contributed by atoms with van der Waals surface area (Å²) in [7, 11) is 3.22. The molecule has 1 heterocycles. The number of hydrogen-bond donors (Lipinski definition) is 1. The van der Waals surface area contributed by atoms with Crippen molar-refractivity contribution in [2.45, 2.75) is 25.9 Å². The predicted molar refractivity (Wildman–Crippen MR) is 80.2 cm³/mol. The van der Waals surface area contributed by atoms with Crippen molar-refractivity contribution in [3.8, 4) is 11.5 Å². The molecule has 20 heavy (non-hydrogen) atoms. The summed E-state index contributed by atoms with van der Waals surface area (Å²) in [5.74, 6) is 1.51. The van der Waals surface area contributed by atoms with Crippen LogP contribution in [0, 0.1) is 0 Å². The van der Waals surface area contributed by atoms with Crippen molar-refractivity contribution in [1.29, 1.82) is 0 Å². The van der Waals surface area contributed by atoms with Crippen LogP contribution in [0.5, 0.6) is 11.5 Å². The number of rotatable bonds is 4. The molecule has 1 aliphatic rings. The van der Waals surface area contributed by atoms with Crippen molar-refractivity contribution >= 4 is 11.6 Å². The van der Waals surface area contributed by atoms with Crippen molar-refractivity contribution < 1.29 is 14.2 Å². The SMILES string of the molecule is COc1cc(C2CNCCO2)c(C(C)C)c(Cl)c1OC. The minimum Gasteiger partial charge on any atom is -0.493 e. The second-order valence-corrected chi connectivity index (χ2v) is 5.53. The molecule has 5 heteroatoms. The first-order chi connectivity index (χ1) is 9.60. The Bertz CT molecular complexity index is 471. The molecule has 0 bridgehead atoms. The summed E-state index contributed by atoms with van der Waals surface area (Å²) >= 11 is 6.53. The Morgan fingerprint density at radius 1 is 1.35 bits per heavy atom. The van der Waals surface area contributed by atoms with Crippen LogP contribution in [0.15, 0.2) is 6.07 Å². The van der Waals surface area contributed by atoms with E-state index >= 15 is 0 Å². The number of ether oxygens (including phenoxy) is 3. The maximum absolute atomic E-state index is 6.53. The molecule has 1 unspecified atom stereocenters. The molecule has 0 radical (unpaired) electrons. The summed E-state index contributed by atoms with van der Waals surface area (Å²) in [6.45, 7) is 6.61. The zero-order chi connectivity index (χ0) is 14.7. The van der Waals surface area contributed by atoms with Crippen molar-refractivity contribution in [2.24, 2.45) is 0 Å². The molecule has 0 amide bonds. The average Bonchev–Trinajstić information content (AvgIpc) is 2.46. The summed E-state index contributed by atoms with van der Waals surface area (Å²) in [5, 5.41) is 3.96. The van der Waals surface area contributed by atoms with E-state index in [4.69, 9.17) is 25.8 Å². The van der Waals surface area contributed by atoms with Gasteiger partial charge in [-0.3, -0.25) is 0 Å². The summed E-state index contributed by atoms with van der Waals surface area (Å²) in [6.07, 6.45) is -0.00143. The molecule has 1 fully saturated rings. The molecule has 4 nitrogen and oxygen atoms in total. The van der Waals surface area contributed by atoms with Crippen LogP contribution in [0.4, 0.5) is 0 Å². The summed E-state index contributed by atoms with van der Waals surface area (Å²) < 4.78 is 16.6. The lowest BCUT2D eigenvalue weighted by Gasteiger charge is -2.28. The Labute approximate surface area is 125 Å². The van der Waals surface area contributed by atoms with Gasteiger partial charge in [-0.1, -0.05) is 25.4 Å². The summed E-state index contributed by atoms with van der Waals surface area (Å²) in [4.78, 5) is 0. The Kier molecular flexibility index (Phi) is 5.13. The second kappa shape index (κ2) is 6.66. The third kappa shape index (κ3) is 2.87. The number of morpholine rings is 1. The summed E-state index contributed by atoms with van der Waals surface area (Å²) in [6, 6.07) is 1.98. The molecule has 1 aliphatic heterocycles. The molecule has 1 aromatic carbocycles. The highest BCUT2D eigenvalue weighted by molar-refractivity contribution is 6.33. The standard InChI is InChI=1S/C15H22ClNO3/c1-9(2)13-10(12-8-17-5-6-20-12)7-11(18-3)15(19-4)14(13)16/h7,9,12,17H,5-6,8H2,1-4H3. The zero-order valence-electron chi connectivity index (χ0n) is 12.5. The average molecular weight is 300 g/mol. The second-order valence-electron chi connectivity index (χ2n) is 5.15. The molecule has 1 atom stereocenters. The fraction of sp³-hybridized carbons (Fsp3) is 0.600. The van der Waals surface area contributed by atoms with Crippen molar-refractivity contribution in [3.05, 3.63) is 22.2 Å². The predicted octanol–water partition coefficient (Wildman–Crippen LogP) is 3.14. The van der Waals surface area contributed by atoms with Crippen LogP contribution >= 0.6 is 11.6 Å². The van der Waals surface area contributed by atoms with E-state index in [0.29, 0.717) is 23.1 Å². The van der Waals surface area contributed by atoms with E-state index in [2.05, 4.69) is 19.2 Å². The van der Waals surface area contributed by atoms with Gasteiger partial charge in [0.2, 0.25) is 0 Å². The fourth-order valence-electron chi connectivity index (χ4n) is 2.60. The monoisotopic (exact) mass is 299 g/mol. The van der Waals surface area contributed by atoms with Gasteiger partial charge in [-0.15, -0.1) is 0 Å². The van der Waals surface area contributed by atoms with Gasteiger partial charge in [0.1, 0.15) is 0 Å². The molecule has 1 N–H and O–H groups in total. The quantitative estimate of drug-likeness (QED) is 0.927. The molecule has 0 aromatic heterocycles. The zero-order valence-corrected chi connectivity index (χ0v) is 13.2. The number of methoxy groups -OCH3 is 2. The molecule has 112 valence electrons. The first-order valence-electron chi connectivity index (χ1n) is 6.86. The largest absolute Gasteiger partial charge is 0.493 e. The van der Waals surface area contributed by atoms with Gasteiger partial charge in [0.15, 0.2) is 11.5 Å². The van der Waals surface area contributed by atoms with Gasteiger partial charge in [-0.2, -0.15) is 0 Å². The number of benzene rings is 1. The maximum Gasteiger partial charge on any atom is 0.179 e. The molecule has 1 aromatic rings. The molecule has 2 rings (SSSR count). The minimum absolute atomic E-state index is 0.00143. The van der Waals surface area contributed by atoms with E-state index < -0.39 is 0 Å². The lowest BCUT2D eigenvalue weighted by Crippen LogP contribution is -2.34. The molecule has 1 saturated heterocycles. The third-order valence-electron chi connectivity index (χ3n) is 3.53. The third-order valence-corrected chi connectivity index (χ3v) is 3.91. The Hall–Kier alpha value is -0.970. The maximum atomic E-state index is 6.53. The Morgan fingerprint density at radius 2 is 2.10 bits per heavy atom. The van der Waals surface area contributed by atoms with Crippen LogP contribution in [0.25, 0.3) is 0 Å². The lowest BCUT2D eigenvalue weighted by molar-refractivity contribution is 0.0269. The van der Waals surface area contributed by atoms with Gasteiger partial charge in [-0.05, 0) is 23.1 Å². The lowest BCUT2D eigenvalue weighted by atomic mass is 9.92. The van der Waals surface area contributed by atoms with Gasteiger partial charge in [0.25, 0.3) is 0 Å². The van der Waals surface area contributed by atoms with E-state index in [9.17, 15) is 0 Å². The molecular formula is C15H22ClNO3. The van der Waals surface area contributed by atoms with Gasteiger partial charge >= 0.3 is 0 Å². The van der Waals surface area contributed by atoms with Gasteiger partial charge < -0.3 is 19.5 Å². The van der Waals surface area contributed by atoms with Crippen molar-refractivity contribution in [2.75, 3.05) is 33.9 Å².